The van der Waals surface area contributed by atoms with Crippen molar-refractivity contribution in [2.75, 3.05) is 32.8 Å². The lowest BCUT2D eigenvalue weighted by Gasteiger charge is -2.37. The van der Waals surface area contributed by atoms with E-state index in [1.807, 2.05) is 0 Å². The Balaban J connectivity index is 1.86. The third-order valence-electron chi connectivity index (χ3n) is 5.09. The second-order valence-electron chi connectivity index (χ2n) is 7.54. The van der Waals surface area contributed by atoms with Crippen molar-refractivity contribution in [1.82, 2.24) is 4.90 Å². The lowest BCUT2D eigenvalue weighted by atomic mass is 9.82. The first-order valence-electron chi connectivity index (χ1n) is 8.17. The third kappa shape index (κ3) is 3.96. The molecule has 2 aliphatic rings. The van der Waals surface area contributed by atoms with Crippen LogP contribution >= 0.6 is 0 Å². The van der Waals surface area contributed by atoms with Crippen molar-refractivity contribution in [3.05, 3.63) is 0 Å². The normalized spacial score (nSPS) is 33.4. The number of likely N-dealkylation sites (tertiary alicyclic amines) is 1. The summed E-state index contributed by atoms with van der Waals surface area (Å²) in [4.78, 5) is 2.48. The fraction of sp³-hybridized carbons (Fsp3) is 1.00. The minimum Gasteiger partial charge on any atom is -0.394 e. The van der Waals surface area contributed by atoms with Gasteiger partial charge in [0.15, 0.2) is 0 Å². The fourth-order valence-electron chi connectivity index (χ4n) is 3.83. The molecule has 0 aromatic heterocycles. The van der Waals surface area contributed by atoms with Crippen LogP contribution in [0.25, 0.3) is 0 Å². The number of piperidine rings is 1. The molecular weight excluding hydrogens is 268 g/mol. The van der Waals surface area contributed by atoms with Gasteiger partial charge in [0.2, 0.25) is 0 Å². The smallest absolute Gasteiger partial charge is 0.0788 e. The van der Waals surface area contributed by atoms with E-state index in [1.54, 1.807) is 0 Å². The zero-order valence-electron chi connectivity index (χ0n) is 14.0. The van der Waals surface area contributed by atoms with Crippen molar-refractivity contribution in [2.45, 2.75) is 63.9 Å². The van der Waals surface area contributed by atoms with Gasteiger partial charge >= 0.3 is 0 Å². The lowest BCUT2D eigenvalue weighted by Crippen LogP contribution is -2.50. The molecule has 0 aromatic carbocycles. The summed E-state index contributed by atoms with van der Waals surface area (Å²) in [5, 5.41) is 8.81. The Morgan fingerprint density at radius 2 is 1.81 bits per heavy atom. The number of nitrogens with zero attached hydrogens (tertiary/aromatic N) is 1. The molecule has 2 saturated heterocycles. The van der Waals surface area contributed by atoms with Gasteiger partial charge in [-0.2, -0.15) is 0 Å². The Labute approximate surface area is 128 Å². The van der Waals surface area contributed by atoms with Crippen molar-refractivity contribution < 1.29 is 14.6 Å². The third-order valence-corrected chi connectivity index (χ3v) is 5.09. The Hall–Kier alpha value is -0.200. The number of hydrogen-bond donors (Lipinski definition) is 2. The van der Waals surface area contributed by atoms with Gasteiger partial charge in [0.1, 0.15) is 0 Å². The Morgan fingerprint density at radius 1 is 1.19 bits per heavy atom. The van der Waals surface area contributed by atoms with Crippen molar-refractivity contribution in [3.8, 4) is 0 Å². The molecule has 21 heavy (non-hydrogen) atoms. The van der Waals surface area contributed by atoms with Crippen LogP contribution in [-0.2, 0) is 9.47 Å². The molecule has 5 nitrogen and oxygen atoms in total. The number of aliphatic hydroxyl groups is 1. The predicted molar refractivity (Wildman–Crippen MR) is 83.2 cm³/mol. The molecule has 0 bridgehead atoms. The van der Waals surface area contributed by atoms with E-state index >= 15 is 0 Å². The number of ether oxygens (including phenoxy) is 2. The second kappa shape index (κ2) is 6.50. The van der Waals surface area contributed by atoms with Crippen molar-refractivity contribution in [3.63, 3.8) is 0 Å². The summed E-state index contributed by atoms with van der Waals surface area (Å²) in [7, 11) is 0. The highest BCUT2D eigenvalue weighted by molar-refractivity contribution is 5.04. The molecule has 2 atom stereocenters. The van der Waals surface area contributed by atoms with Gasteiger partial charge in [-0.1, -0.05) is 0 Å². The molecule has 0 radical (unpaired) electrons. The highest BCUT2D eigenvalue weighted by Gasteiger charge is 2.52. The number of aliphatic hydroxyl groups excluding tert-OH is 1. The molecule has 0 saturated carbocycles. The van der Waals surface area contributed by atoms with E-state index in [-0.39, 0.29) is 23.9 Å². The lowest BCUT2D eigenvalue weighted by molar-refractivity contribution is -0.0799. The van der Waals surface area contributed by atoms with Crippen molar-refractivity contribution >= 4 is 0 Å². The van der Waals surface area contributed by atoms with Crippen LogP contribution in [0.5, 0.6) is 0 Å². The monoisotopic (exact) mass is 300 g/mol. The standard InChI is InChI=1S/C16H32N2O3/c1-15(2)13(14(17)16(3,4)21-15)11-18-7-5-12(6-8-18)20-10-9-19/h12-14,19H,5-11,17H2,1-4H3. The molecule has 0 amide bonds. The molecule has 2 aliphatic heterocycles. The van der Waals surface area contributed by atoms with Crippen LogP contribution in [0.4, 0.5) is 0 Å². The quantitative estimate of drug-likeness (QED) is 0.792. The average molecular weight is 300 g/mol. The van der Waals surface area contributed by atoms with Gasteiger partial charge < -0.3 is 25.2 Å². The summed E-state index contributed by atoms with van der Waals surface area (Å²) >= 11 is 0. The number of hydrogen-bond acceptors (Lipinski definition) is 5. The van der Waals surface area contributed by atoms with Crippen LogP contribution in [0.2, 0.25) is 0 Å². The van der Waals surface area contributed by atoms with E-state index < -0.39 is 0 Å². The largest absolute Gasteiger partial charge is 0.394 e. The van der Waals surface area contributed by atoms with Gasteiger partial charge in [-0.25, -0.2) is 0 Å². The topological polar surface area (TPSA) is 68.0 Å². The van der Waals surface area contributed by atoms with Crippen LogP contribution < -0.4 is 5.73 Å². The molecule has 2 rings (SSSR count). The molecule has 0 aliphatic carbocycles. The van der Waals surface area contributed by atoms with E-state index in [9.17, 15) is 0 Å². The number of nitrogens with two attached hydrogens (primary N) is 1. The molecule has 5 heteroatoms. The predicted octanol–water partition coefficient (Wildman–Crippen LogP) is 0.991. The van der Waals surface area contributed by atoms with Gasteiger partial charge in [0.25, 0.3) is 0 Å². The van der Waals surface area contributed by atoms with Gasteiger partial charge in [-0.15, -0.1) is 0 Å². The molecule has 2 unspecified atom stereocenters. The van der Waals surface area contributed by atoms with Crippen LogP contribution in [0, 0.1) is 5.92 Å². The number of rotatable bonds is 5. The maximum absolute atomic E-state index is 8.81. The van der Waals surface area contributed by atoms with Crippen LogP contribution in [0.3, 0.4) is 0 Å². The van der Waals surface area contributed by atoms with Crippen LogP contribution in [-0.4, -0.2) is 66.2 Å². The molecule has 0 aromatic rings. The maximum atomic E-state index is 8.81. The van der Waals surface area contributed by atoms with Gasteiger partial charge in [-0.05, 0) is 40.5 Å². The molecule has 2 fully saturated rings. The first kappa shape index (κ1) is 17.2. The highest BCUT2D eigenvalue weighted by atomic mass is 16.5. The van der Waals surface area contributed by atoms with Gasteiger partial charge in [-0.3, -0.25) is 0 Å². The van der Waals surface area contributed by atoms with Crippen molar-refractivity contribution in [1.29, 1.82) is 0 Å². The SMILES string of the molecule is CC1(C)OC(C)(C)C(CN2CCC(OCCO)CC2)C1N. The summed E-state index contributed by atoms with van der Waals surface area (Å²) in [6.07, 6.45) is 2.37. The zero-order chi connectivity index (χ0) is 15.7. The van der Waals surface area contributed by atoms with Crippen LogP contribution in [0.15, 0.2) is 0 Å². The summed E-state index contributed by atoms with van der Waals surface area (Å²) < 4.78 is 11.8. The zero-order valence-corrected chi connectivity index (χ0v) is 14.0. The Bertz CT molecular complexity index is 338. The maximum Gasteiger partial charge on any atom is 0.0788 e. The summed E-state index contributed by atoms with van der Waals surface area (Å²) in [6.45, 7) is 12.1. The Kier molecular flexibility index (Phi) is 5.31. The first-order chi connectivity index (χ1) is 9.76. The summed E-state index contributed by atoms with van der Waals surface area (Å²) in [5.41, 5.74) is 6.01. The summed E-state index contributed by atoms with van der Waals surface area (Å²) in [6, 6.07) is 0.0656. The van der Waals surface area contributed by atoms with Crippen LogP contribution in [0.1, 0.15) is 40.5 Å². The summed E-state index contributed by atoms with van der Waals surface area (Å²) in [5.74, 6) is 0.349. The molecule has 0 spiro atoms. The van der Waals surface area contributed by atoms with Crippen molar-refractivity contribution in [2.24, 2.45) is 11.7 Å². The highest BCUT2D eigenvalue weighted by Crippen LogP contribution is 2.41. The Morgan fingerprint density at radius 3 is 2.29 bits per heavy atom. The minimum atomic E-state index is -0.253. The average Bonchev–Trinajstić information content (AvgIpc) is 2.56. The first-order valence-corrected chi connectivity index (χ1v) is 8.17. The van der Waals surface area contributed by atoms with Gasteiger partial charge in [0.05, 0.1) is 30.5 Å². The fourth-order valence-corrected chi connectivity index (χ4v) is 3.83. The second-order valence-corrected chi connectivity index (χ2v) is 7.54. The molecular formula is C16H32N2O3. The van der Waals surface area contributed by atoms with E-state index in [0.717, 1.165) is 32.5 Å². The van der Waals surface area contributed by atoms with E-state index in [1.165, 1.54) is 0 Å². The minimum absolute atomic E-state index is 0.0656. The molecule has 124 valence electrons. The van der Waals surface area contributed by atoms with Gasteiger partial charge in [0, 0.05) is 31.6 Å². The molecule has 3 N–H and O–H groups in total. The van der Waals surface area contributed by atoms with E-state index in [4.69, 9.17) is 20.3 Å². The molecule has 2 heterocycles. The van der Waals surface area contributed by atoms with E-state index in [2.05, 4.69) is 32.6 Å². The van der Waals surface area contributed by atoms with E-state index in [0.29, 0.717) is 18.6 Å².